The summed E-state index contributed by atoms with van der Waals surface area (Å²) in [5, 5.41) is 11.8. The van der Waals surface area contributed by atoms with Gasteiger partial charge in [0.1, 0.15) is 0 Å². The second-order valence-corrected chi connectivity index (χ2v) is 8.76. The van der Waals surface area contributed by atoms with Crippen LogP contribution in [0.4, 0.5) is 18.9 Å². The molecular weight excluding hydrogens is 431 g/mol. The summed E-state index contributed by atoms with van der Waals surface area (Å²) in [5.74, 6) is -2.43. The molecule has 0 atom stereocenters. The first-order valence-electron chi connectivity index (χ1n) is 9.10. The van der Waals surface area contributed by atoms with Crippen LogP contribution in [0.1, 0.15) is 11.1 Å². The zero-order valence-electron chi connectivity index (χ0n) is 16.1. The maximum Gasteiger partial charge on any atom is 0.417 e. The number of benzene rings is 3. The highest BCUT2D eigenvalue weighted by Crippen LogP contribution is 2.37. The Hall–Kier alpha value is -3.33. The van der Waals surface area contributed by atoms with E-state index < -0.39 is 33.3 Å². The van der Waals surface area contributed by atoms with Crippen molar-refractivity contribution in [2.24, 2.45) is 0 Å². The van der Waals surface area contributed by atoms with Crippen LogP contribution in [-0.2, 0) is 27.4 Å². The van der Waals surface area contributed by atoms with Crippen molar-refractivity contribution in [3.63, 3.8) is 0 Å². The van der Waals surface area contributed by atoms with E-state index >= 15 is 0 Å². The molecule has 0 bridgehead atoms. The molecule has 5 nitrogen and oxygen atoms in total. The second kappa shape index (κ2) is 8.81. The number of rotatable bonds is 7. The number of anilines is 1. The monoisotopic (exact) mass is 449 g/mol. The Morgan fingerprint density at radius 1 is 0.935 bits per heavy atom. The highest BCUT2D eigenvalue weighted by molar-refractivity contribution is 7.92. The maximum atomic E-state index is 13.3. The normalized spacial score (nSPS) is 11.8. The van der Waals surface area contributed by atoms with Gasteiger partial charge in [-0.25, -0.2) is 8.42 Å². The Labute approximate surface area is 177 Å². The zero-order chi connectivity index (χ0) is 22.6. The van der Waals surface area contributed by atoms with E-state index in [9.17, 15) is 26.4 Å². The van der Waals surface area contributed by atoms with Gasteiger partial charge in [0, 0.05) is 12.2 Å². The van der Waals surface area contributed by atoms with Crippen molar-refractivity contribution < 1.29 is 31.5 Å². The van der Waals surface area contributed by atoms with Crippen molar-refractivity contribution in [3.05, 3.63) is 83.9 Å². The Kier molecular flexibility index (Phi) is 6.35. The van der Waals surface area contributed by atoms with Gasteiger partial charge in [-0.05, 0) is 53.1 Å². The van der Waals surface area contributed by atoms with E-state index in [4.69, 9.17) is 5.11 Å². The molecule has 0 amide bonds. The lowest BCUT2D eigenvalue weighted by molar-refractivity contribution is -0.137. The third kappa shape index (κ3) is 5.64. The quantitative estimate of drug-likeness (QED) is 0.539. The van der Waals surface area contributed by atoms with Crippen LogP contribution in [0.5, 0.6) is 0 Å². The fourth-order valence-corrected chi connectivity index (χ4v) is 4.10. The summed E-state index contributed by atoms with van der Waals surface area (Å²) in [4.78, 5) is 10.6. The zero-order valence-corrected chi connectivity index (χ0v) is 16.9. The van der Waals surface area contributed by atoms with Crippen LogP contribution in [0.3, 0.4) is 0 Å². The molecule has 162 valence electrons. The summed E-state index contributed by atoms with van der Waals surface area (Å²) in [5.41, 5.74) is 1.12. The lowest BCUT2D eigenvalue weighted by Gasteiger charge is -2.14. The van der Waals surface area contributed by atoms with Gasteiger partial charge >= 0.3 is 12.1 Å². The van der Waals surface area contributed by atoms with Crippen LogP contribution >= 0.6 is 0 Å². The van der Waals surface area contributed by atoms with Crippen molar-refractivity contribution in [1.29, 1.82) is 0 Å². The Morgan fingerprint density at radius 2 is 1.61 bits per heavy atom. The first kappa shape index (κ1) is 22.4. The summed E-state index contributed by atoms with van der Waals surface area (Å²) in [7, 11) is -3.92. The molecule has 0 saturated carbocycles. The summed E-state index contributed by atoms with van der Waals surface area (Å²) in [6.07, 6.45) is -4.46. The highest BCUT2D eigenvalue weighted by Gasteiger charge is 2.33. The summed E-state index contributed by atoms with van der Waals surface area (Å²) in [6.45, 7) is 0.295. The number of nitrogens with one attached hydrogen (secondary N) is 1. The van der Waals surface area contributed by atoms with E-state index in [2.05, 4.69) is 5.32 Å². The molecule has 0 aliphatic heterocycles. The molecule has 0 aliphatic rings. The molecule has 0 aromatic heterocycles. The lowest BCUT2D eigenvalue weighted by Crippen LogP contribution is -2.15. The van der Waals surface area contributed by atoms with Crippen LogP contribution < -0.4 is 5.32 Å². The van der Waals surface area contributed by atoms with E-state index in [1.54, 1.807) is 30.3 Å². The van der Waals surface area contributed by atoms with Gasteiger partial charge < -0.3 is 10.4 Å². The number of sulfone groups is 1. The van der Waals surface area contributed by atoms with Crippen LogP contribution in [-0.4, -0.2) is 25.2 Å². The minimum Gasteiger partial charge on any atom is -0.480 e. The molecular formula is C22H18F3NO4S. The van der Waals surface area contributed by atoms with Gasteiger partial charge in [0.2, 0.25) is 0 Å². The van der Waals surface area contributed by atoms with Gasteiger partial charge in [-0.3, -0.25) is 4.79 Å². The third-order valence-electron chi connectivity index (χ3n) is 4.49. The molecule has 0 saturated heterocycles. The van der Waals surface area contributed by atoms with E-state index in [-0.39, 0.29) is 10.5 Å². The fraction of sp³-hybridized carbons (Fsp3) is 0.136. The first-order chi connectivity index (χ1) is 14.6. The van der Waals surface area contributed by atoms with Gasteiger partial charge in [-0.2, -0.15) is 13.2 Å². The Bertz CT molecular complexity index is 1190. The number of hydrogen-bond acceptors (Lipinski definition) is 4. The van der Waals surface area contributed by atoms with Crippen LogP contribution in [0.2, 0.25) is 0 Å². The fourth-order valence-electron chi connectivity index (χ4n) is 3.06. The van der Waals surface area contributed by atoms with Crippen LogP contribution in [0.15, 0.2) is 77.7 Å². The van der Waals surface area contributed by atoms with E-state index in [1.165, 1.54) is 36.4 Å². The van der Waals surface area contributed by atoms with Gasteiger partial charge in [0.05, 0.1) is 10.5 Å². The van der Waals surface area contributed by atoms with Crippen molar-refractivity contribution in [3.8, 4) is 11.1 Å². The summed E-state index contributed by atoms with van der Waals surface area (Å²) >= 11 is 0. The number of hydrogen-bond donors (Lipinski definition) is 2. The number of carbonyl (C=O) groups is 1. The standard InChI is InChI=1S/C22H18F3NO4S/c23-22(24,25)20-7-2-1-6-19(20)16-5-3-4-15(12-16)13-26-17-8-10-18(11-9-17)31(29,30)14-21(27)28/h1-12,26H,13-14H2,(H,27,28). The molecule has 31 heavy (non-hydrogen) atoms. The average molecular weight is 449 g/mol. The molecule has 0 heterocycles. The number of halogens is 3. The van der Waals surface area contributed by atoms with Crippen molar-refractivity contribution in [1.82, 2.24) is 0 Å². The topological polar surface area (TPSA) is 83.5 Å². The number of aliphatic carboxylic acids is 1. The largest absolute Gasteiger partial charge is 0.480 e. The lowest BCUT2D eigenvalue weighted by atomic mass is 9.98. The predicted molar refractivity (Wildman–Crippen MR) is 110 cm³/mol. The summed E-state index contributed by atoms with van der Waals surface area (Å²) < 4.78 is 63.8. The minimum absolute atomic E-state index is 0.0878. The van der Waals surface area contributed by atoms with E-state index in [1.807, 2.05) is 0 Å². The van der Waals surface area contributed by atoms with Crippen LogP contribution in [0, 0.1) is 0 Å². The SMILES string of the molecule is O=C(O)CS(=O)(=O)c1ccc(NCc2cccc(-c3ccccc3C(F)(F)F)c2)cc1. The molecule has 0 unspecified atom stereocenters. The van der Waals surface area contributed by atoms with Crippen molar-refractivity contribution >= 4 is 21.5 Å². The maximum absolute atomic E-state index is 13.3. The van der Waals surface area contributed by atoms with E-state index in [0.717, 1.165) is 11.6 Å². The number of carboxylic acids is 1. The van der Waals surface area contributed by atoms with Gasteiger partial charge in [-0.15, -0.1) is 0 Å². The Balaban J connectivity index is 1.76. The van der Waals surface area contributed by atoms with Gasteiger partial charge in [0.25, 0.3) is 0 Å². The van der Waals surface area contributed by atoms with Crippen molar-refractivity contribution in [2.45, 2.75) is 17.6 Å². The average Bonchev–Trinajstić information content (AvgIpc) is 2.71. The number of alkyl halides is 3. The molecule has 3 rings (SSSR count). The summed E-state index contributed by atoms with van der Waals surface area (Å²) in [6, 6.07) is 17.7. The molecule has 3 aromatic rings. The van der Waals surface area contributed by atoms with Gasteiger partial charge in [0.15, 0.2) is 15.6 Å². The van der Waals surface area contributed by atoms with Crippen LogP contribution in [0.25, 0.3) is 11.1 Å². The minimum atomic E-state index is -4.46. The van der Waals surface area contributed by atoms with Gasteiger partial charge in [-0.1, -0.05) is 36.4 Å². The first-order valence-corrected chi connectivity index (χ1v) is 10.8. The second-order valence-electron chi connectivity index (χ2n) is 6.77. The highest BCUT2D eigenvalue weighted by atomic mass is 32.2. The van der Waals surface area contributed by atoms with E-state index in [0.29, 0.717) is 17.8 Å². The Morgan fingerprint density at radius 3 is 2.26 bits per heavy atom. The molecule has 9 heteroatoms. The predicted octanol–water partition coefficient (Wildman–Crippen LogP) is 4.84. The molecule has 0 radical (unpaired) electrons. The molecule has 0 spiro atoms. The third-order valence-corrected chi connectivity index (χ3v) is 6.11. The van der Waals surface area contributed by atoms with Crippen molar-refractivity contribution in [2.75, 3.05) is 11.1 Å². The molecule has 0 aliphatic carbocycles. The number of carboxylic acid groups (broad SMARTS) is 1. The molecule has 0 fully saturated rings. The molecule has 3 aromatic carbocycles. The smallest absolute Gasteiger partial charge is 0.417 e. The molecule has 2 N–H and O–H groups in total.